The second kappa shape index (κ2) is 9.09. The van der Waals surface area contributed by atoms with Crippen molar-refractivity contribution in [1.29, 1.82) is 0 Å². The Balaban J connectivity index is 3.92. The molecule has 0 aliphatic carbocycles. The third-order valence-corrected chi connectivity index (χ3v) is 1.50. The highest BCUT2D eigenvalue weighted by Crippen LogP contribution is 1.97. The average molecular weight is 177 g/mol. The lowest BCUT2D eigenvalue weighted by molar-refractivity contribution is 0.919. The first-order valence-corrected chi connectivity index (χ1v) is 4.75. The molecule has 0 bridgehead atoms. The third kappa shape index (κ3) is 8.91. The molecule has 13 heavy (non-hydrogen) atoms. The lowest BCUT2D eigenvalue weighted by Crippen LogP contribution is -2.03. The Morgan fingerprint density at radius 1 is 1.31 bits per heavy atom. The molecule has 0 rings (SSSR count). The molecule has 0 aromatic carbocycles. The second-order valence-electron chi connectivity index (χ2n) is 2.87. The van der Waals surface area contributed by atoms with Crippen LogP contribution in [0.1, 0.15) is 26.7 Å². The molecule has 0 heterocycles. The van der Waals surface area contributed by atoms with E-state index in [1.54, 1.807) is 0 Å². The molecule has 0 fully saturated rings. The highest BCUT2D eigenvalue weighted by atomic mass is 14.8. The van der Waals surface area contributed by atoms with Crippen LogP contribution in [0.5, 0.6) is 0 Å². The number of allylic oxidation sites excluding steroid dienone is 1. The first-order valence-electron chi connectivity index (χ1n) is 4.75. The smallest absolute Gasteiger partial charge is 0.0207 e. The van der Waals surface area contributed by atoms with Crippen molar-refractivity contribution in [3.63, 3.8) is 0 Å². The van der Waals surface area contributed by atoms with Gasteiger partial charge in [0.05, 0.1) is 0 Å². The molecule has 72 valence electrons. The standard InChI is InChI=1S/C12H19N/c1-4-5-6-7-9-12(2)10-8-11-13-3/h5,7-8,13H,4,9,11H2,1-3H3. The molecule has 0 aromatic heterocycles. The van der Waals surface area contributed by atoms with Crippen molar-refractivity contribution in [2.24, 2.45) is 0 Å². The van der Waals surface area contributed by atoms with E-state index in [1.165, 1.54) is 5.57 Å². The third-order valence-electron chi connectivity index (χ3n) is 1.50. The van der Waals surface area contributed by atoms with Gasteiger partial charge in [0.2, 0.25) is 0 Å². The van der Waals surface area contributed by atoms with Gasteiger partial charge >= 0.3 is 0 Å². The van der Waals surface area contributed by atoms with Crippen LogP contribution in [0.2, 0.25) is 0 Å². The fourth-order valence-corrected chi connectivity index (χ4v) is 0.799. The first-order chi connectivity index (χ1) is 6.31. The molecular formula is C12H19N. The zero-order valence-corrected chi connectivity index (χ0v) is 8.85. The SMILES string of the molecule is CCC=C=CCC(C)=C=CCNC. The Labute approximate surface area is 81.5 Å². The van der Waals surface area contributed by atoms with Crippen molar-refractivity contribution in [2.75, 3.05) is 13.6 Å². The van der Waals surface area contributed by atoms with Crippen LogP contribution in [0.3, 0.4) is 0 Å². The Kier molecular flexibility index (Phi) is 8.39. The molecule has 1 heteroatoms. The fourth-order valence-electron chi connectivity index (χ4n) is 0.799. The molecule has 1 nitrogen and oxygen atoms in total. The molecule has 0 atom stereocenters. The van der Waals surface area contributed by atoms with Gasteiger partial charge in [-0.1, -0.05) is 6.92 Å². The molecule has 0 spiro atoms. The summed E-state index contributed by atoms with van der Waals surface area (Å²) < 4.78 is 0. The van der Waals surface area contributed by atoms with Crippen LogP contribution in [0.4, 0.5) is 0 Å². The quantitative estimate of drug-likeness (QED) is 0.637. The molecule has 0 unspecified atom stereocenters. The van der Waals surface area contributed by atoms with E-state index in [9.17, 15) is 0 Å². The van der Waals surface area contributed by atoms with Crippen molar-refractivity contribution in [3.8, 4) is 0 Å². The molecule has 0 saturated carbocycles. The van der Waals surface area contributed by atoms with Gasteiger partial charge in [0.25, 0.3) is 0 Å². The zero-order valence-electron chi connectivity index (χ0n) is 8.85. The Hall–Kier alpha value is -1.00. The number of nitrogens with one attached hydrogen (secondary N) is 1. The molecule has 0 amide bonds. The fraction of sp³-hybridized carbons (Fsp3) is 0.500. The Bertz CT molecular complexity index is 236. The monoisotopic (exact) mass is 177 g/mol. The van der Waals surface area contributed by atoms with E-state index >= 15 is 0 Å². The van der Waals surface area contributed by atoms with Crippen LogP contribution in [0.25, 0.3) is 0 Å². The average Bonchev–Trinajstić information content (AvgIpc) is 2.13. The van der Waals surface area contributed by atoms with Crippen LogP contribution in [-0.2, 0) is 0 Å². The summed E-state index contributed by atoms with van der Waals surface area (Å²) in [6.45, 7) is 5.07. The number of likely N-dealkylation sites (N-methyl/N-ethyl adjacent to an activating group) is 1. The van der Waals surface area contributed by atoms with E-state index in [2.05, 4.69) is 30.6 Å². The summed E-state index contributed by atoms with van der Waals surface area (Å²) in [6.07, 6.45) is 8.07. The van der Waals surface area contributed by atoms with Gasteiger partial charge in [-0.2, -0.15) is 0 Å². The van der Waals surface area contributed by atoms with E-state index in [1.807, 2.05) is 25.3 Å². The van der Waals surface area contributed by atoms with Crippen molar-refractivity contribution in [3.05, 3.63) is 35.3 Å². The first kappa shape index (κ1) is 12.0. The van der Waals surface area contributed by atoms with Gasteiger partial charge in [-0.25, -0.2) is 0 Å². The summed E-state index contributed by atoms with van der Waals surface area (Å²) in [4.78, 5) is 0. The topological polar surface area (TPSA) is 12.0 Å². The van der Waals surface area contributed by atoms with Crippen LogP contribution < -0.4 is 5.32 Å². The number of hydrogen-bond donors (Lipinski definition) is 1. The molecule has 0 aliphatic rings. The van der Waals surface area contributed by atoms with Gasteiger partial charge in [-0.05, 0) is 44.2 Å². The largest absolute Gasteiger partial charge is 0.316 e. The minimum atomic E-state index is 0.881. The van der Waals surface area contributed by atoms with Gasteiger partial charge < -0.3 is 5.32 Å². The number of hydrogen-bond acceptors (Lipinski definition) is 1. The van der Waals surface area contributed by atoms with E-state index in [0.717, 1.165) is 19.4 Å². The van der Waals surface area contributed by atoms with E-state index < -0.39 is 0 Å². The van der Waals surface area contributed by atoms with Crippen LogP contribution in [0.15, 0.2) is 35.3 Å². The van der Waals surface area contributed by atoms with Crippen LogP contribution in [0, 0.1) is 0 Å². The highest BCUT2D eigenvalue weighted by molar-refractivity contribution is 5.04. The molecule has 0 aromatic rings. The maximum atomic E-state index is 3.20. The van der Waals surface area contributed by atoms with Gasteiger partial charge in [0.1, 0.15) is 0 Å². The predicted molar refractivity (Wildman–Crippen MR) is 58.8 cm³/mol. The van der Waals surface area contributed by atoms with E-state index in [-0.39, 0.29) is 0 Å². The summed E-state index contributed by atoms with van der Waals surface area (Å²) in [5.41, 5.74) is 7.56. The second-order valence-corrected chi connectivity index (χ2v) is 2.87. The summed E-state index contributed by atoms with van der Waals surface area (Å²) in [7, 11) is 1.93. The number of rotatable bonds is 5. The predicted octanol–water partition coefficient (Wildman–Crippen LogP) is 2.82. The summed E-state index contributed by atoms with van der Waals surface area (Å²) >= 11 is 0. The van der Waals surface area contributed by atoms with E-state index in [4.69, 9.17) is 0 Å². The summed E-state index contributed by atoms with van der Waals surface area (Å²) in [6, 6.07) is 0. The van der Waals surface area contributed by atoms with Crippen LogP contribution >= 0.6 is 0 Å². The highest BCUT2D eigenvalue weighted by Gasteiger charge is 1.79. The lowest BCUT2D eigenvalue weighted by atomic mass is 10.2. The van der Waals surface area contributed by atoms with Gasteiger partial charge in [0.15, 0.2) is 0 Å². The van der Waals surface area contributed by atoms with Gasteiger partial charge in [-0.15, -0.1) is 11.5 Å². The molecule has 0 saturated heterocycles. The van der Waals surface area contributed by atoms with Crippen molar-refractivity contribution in [2.45, 2.75) is 26.7 Å². The van der Waals surface area contributed by atoms with Gasteiger partial charge in [-0.3, -0.25) is 0 Å². The minimum absolute atomic E-state index is 0.881. The van der Waals surface area contributed by atoms with Gasteiger partial charge in [0, 0.05) is 13.0 Å². The van der Waals surface area contributed by atoms with Crippen molar-refractivity contribution >= 4 is 0 Å². The van der Waals surface area contributed by atoms with E-state index in [0.29, 0.717) is 0 Å². The van der Waals surface area contributed by atoms with Crippen LogP contribution in [-0.4, -0.2) is 13.6 Å². The molecule has 0 aliphatic heterocycles. The summed E-state index contributed by atoms with van der Waals surface area (Å²) in [5.74, 6) is 0. The van der Waals surface area contributed by atoms with Crippen molar-refractivity contribution < 1.29 is 0 Å². The summed E-state index contributed by atoms with van der Waals surface area (Å²) in [5, 5.41) is 3.04. The molecule has 1 N–H and O–H groups in total. The Morgan fingerprint density at radius 3 is 2.69 bits per heavy atom. The normalized spacial score (nSPS) is 8.23. The lowest BCUT2D eigenvalue weighted by Gasteiger charge is -1.87. The molecular weight excluding hydrogens is 158 g/mol. The zero-order chi connectivity index (χ0) is 9.94. The maximum Gasteiger partial charge on any atom is 0.0207 e. The minimum Gasteiger partial charge on any atom is -0.316 e. The van der Waals surface area contributed by atoms with Crippen molar-refractivity contribution in [1.82, 2.24) is 5.32 Å². The Morgan fingerprint density at radius 2 is 2.08 bits per heavy atom. The maximum absolute atomic E-state index is 3.20. The molecule has 0 radical (unpaired) electrons.